The lowest BCUT2D eigenvalue weighted by molar-refractivity contribution is 2.10. The fourth-order valence-electron chi connectivity index (χ4n) is 0. The summed E-state index contributed by atoms with van der Waals surface area (Å²) in [4.78, 5) is 0. The fourth-order valence-corrected chi connectivity index (χ4v) is 0. The van der Waals surface area contributed by atoms with E-state index in [0.29, 0.717) is 0 Å². The maximum atomic E-state index is 3.67. The second kappa shape index (κ2) is 1.69. The van der Waals surface area contributed by atoms with Crippen molar-refractivity contribution < 1.29 is 0 Å². The van der Waals surface area contributed by atoms with E-state index in [9.17, 15) is 0 Å². The molecule has 0 amide bonds. The summed E-state index contributed by atoms with van der Waals surface area (Å²) in [5, 5.41) is 2.02. The quantitative estimate of drug-likeness (QED) is 0.476. The van der Waals surface area contributed by atoms with E-state index in [1.54, 1.807) is 0 Å². The van der Waals surface area contributed by atoms with E-state index in [2.05, 4.69) is 25.3 Å². The van der Waals surface area contributed by atoms with E-state index < -0.39 is 10.0 Å². The van der Waals surface area contributed by atoms with Crippen LogP contribution in [-0.2, 0) is 0 Å². The molecule has 0 aromatic heterocycles. The van der Waals surface area contributed by atoms with Crippen LogP contribution in [0.5, 0.6) is 0 Å². The highest BCUT2D eigenvalue weighted by Gasteiger charge is 1.91. The molecule has 0 aliphatic carbocycles. The van der Waals surface area contributed by atoms with E-state index in [1.807, 2.05) is 5.41 Å². The van der Waals surface area contributed by atoms with Crippen LogP contribution >= 0.6 is 10.0 Å². The Bertz CT molecular complexity index is 49.4. The highest BCUT2D eigenvalue weighted by molar-refractivity contribution is 8.34. The highest BCUT2D eigenvalue weighted by Crippen LogP contribution is 2.34. The molecule has 0 heterocycles. The van der Waals surface area contributed by atoms with Crippen molar-refractivity contribution in [1.29, 1.82) is 0 Å². The molecular formula is C5H12S. The Labute approximate surface area is 41.6 Å². The minimum atomic E-state index is -0.398. The average molecular weight is 104 g/mol. The monoisotopic (exact) mass is 104 g/mol. The summed E-state index contributed by atoms with van der Waals surface area (Å²) in [5.41, 5.74) is 0. The molecule has 38 valence electrons. The van der Waals surface area contributed by atoms with Gasteiger partial charge in [-0.2, -0.15) is 0 Å². The lowest BCUT2D eigenvalue weighted by Crippen LogP contribution is -1.81. The molecule has 6 heavy (non-hydrogen) atoms. The standard InChI is InChI=1S/C5H12S/c1-5-6(2,3)4/h5H,1H2,2-4H3. The van der Waals surface area contributed by atoms with Gasteiger partial charge in [-0.3, -0.25) is 0 Å². The van der Waals surface area contributed by atoms with E-state index in [0.717, 1.165) is 0 Å². The van der Waals surface area contributed by atoms with Crippen LogP contribution in [0.3, 0.4) is 0 Å². The average Bonchev–Trinajstić information content (AvgIpc) is 1.35. The van der Waals surface area contributed by atoms with Crippen LogP contribution in [0.1, 0.15) is 0 Å². The Balaban J connectivity index is 3.45. The van der Waals surface area contributed by atoms with Gasteiger partial charge in [0.1, 0.15) is 0 Å². The lowest BCUT2D eigenvalue weighted by Gasteiger charge is -2.17. The zero-order chi connectivity index (χ0) is 5.21. The van der Waals surface area contributed by atoms with Crippen molar-refractivity contribution in [2.75, 3.05) is 18.8 Å². The van der Waals surface area contributed by atoms with Crippen LogP contribution in [0.25, 0.3) is 0 Å². The minimum Gasteiger partial charge on any atom is -0.230 e. The normalized spacial score (nSPS) is 13.8. The zero-order valence-corrected chi connectivity index (χ0v) is 5.51. The van der Waals surface area contributed by atoms with E-state index in [4.69, 9.17) is 0 Å². The summed E-state index contributed by atoms with van der Waals surface area (Å²) in [6.45, 7) is 3.67. The van der Waals surface area contributed by atoms with Gasteiger partial charge < -0.3 is 0 Å². The molecule has 0 aliphatic heterocycles. The molecule has 0 aliphatic rings. The molecule has 0 aromatic rings. The molecule has 0 saturated carbocycles. The second-order valence-electron chi connectivity index (χ2n) is 2.10. The van der Waals surface area contributed by atoms with Gasteiger partial charge in [0.05, 0.1) is 0 Å². The molecule has 0 unspecified atom stereocenters. The van der Waals surface area contributed by atoms with Crippen molar-refractivity contribution in [1.82, 2.24) is 0 Å². The van der Waals surface area contributed by atoms with Crippen molar-refractivity contribution in [2.24, 2.45) is 0 Å². The van der Waals surface area contributed by atoms with Crippen molar-refractivity contribution in [2.45, 2.75) is 0 Å². The van der Waals surface area contributed by atoms with Gasteiger partial charge in [0.25, 0.3) is 0 Å². The fraction of sp³-hybridized carbons (Fsp3) is 0.600. The van der Waals surface area contributed by atoms with Gasteiger partial charge in [-0.25, -0.2) is 10.0 Å². The molecule has 0 atom stereocenters. The van der Waals surface area contributed by atoms with Crippen molar-refractivity contribution >= 4 is 10.0 Å². The summed E-state index contributed by atoms with van der Waals surface area (Å²) in [7, 11) is -0.398. The van der Waals surface area contributed by atoms with Crippen LogP contribution in [-0.4, -0.2) is 18.8 Å². The first-order valence-electron chi connectivity index (χ1n) is 1.87. The molecule has 0 nitrogen and oxygen atoms in total. The Morgan fingerprint density at radius 2 is 1.50 bits per heavy atom. The highest BCUT2D eigenvalue weighted by atomic mass is 32.3. The predicted molar refractivity (Wildman–Crippen MR) is 35.6 cm³/mol. The largest absolute Gasteiger partial charge is 0.230 e. The summed E-state index contributed by atoms with van der Waals surface area (Å²) in [6.07, 6.45) is 6.62. The molecule has 0 saturated heterocycles. The van der Waals surface area contributed by atoms with Crippen molar-refractivity contribution in [3.05, 3.63) is 12.0 Å². The molecule has 0 N–H and O–H groups in total. The van der Waals surface area contributed by atoms with Gasteiger partial charge in [0.2, 0.25) is 0 Å². The first kappa shape index (κ1) is 6.09. The van der Waals surface area contributed by atoms with Gasteiger partial charge in [0, 0.05) is 0 Å². The smallest absolute Gasteiger partial charge is 0.0316 e. The lowest BCUT2D eigenvalue weighted by atomic mass is 11.3. The van der Waals surface area contributed by atoms with Gasteiger partial charge >= 0.3 is 0 Å². The third kappa shape index (κ3) is 4.09. The predicted octanol–water partition coefficient (Wildman–Crippen LogP) is 1.82. The summed E-state index contributed by atoms with van der Waals surface area (Å²) < 4.78 is 0. The molecule has 0 bridgehead atoms. The number of hydrogen-bond donors (Lipinski definition) is 0. The van der Waals surface area contributed by atoms with Gasteiger partial charge in [0.15, 0.2) is 0 Å². The molecule has 0 rings (SSSR count). The molecular weight excluding hydrogens is 92.1 g/mol. The second-order valence-corrected chi connectivity index (χ2v) is 6.30. The topological polar surface area (TPSA) is 0 Å². The number of rotatable bonds is 1. The summed E-state index contributed by atoms with van der Waals surface area (Å²) in [5.74, 6) is 0. The Morgan fingerprint density at radius 1 is 1.33 bits per heavy atom. The Morgan fingerprint density at radius 3 is 1.50 bits per heavy atom. The number of hydrogen-bond acceptors (Lipinski definition) is 0. The molecule has 1 heteroatoms. The van der Waals surface area contributed by atoms with Crippen LogP contribution in [0.2, 0.25) is 0 Å². The van der Waals surface area contributed by atoms with Crippen LogP contribution < -0.4 is 0 Å². The Hall–Kier alpha value is 0.0900. The molecule has 0 spiro atoms. The Kier molecular flexibility index (Phi) is 1.72. The maximum Gasteiger partial charge on any atom is -0.0316 e. The molecule has 0 fully saturated rings. The van der Waals surface area contributed by atoms with Crippen molar-refractivity contribution in [3.8, 4) is 0 Å². The van der Waals surface area contributed by atoms with E-state index >= 15 is 0 Å². The van der Waals surface area contributed by atoms with Crippen LogP contribution in [0.15, 0.2) is 12.0 Å². The van der Waals surface area contributed by atoms with Gasteiger partial charge in [-0.15, -0.1) is 0 Å². The first-order valence-corrected chi connectivity index (χ1v) is 4.79. The summed E-state index contributed by atoms with van der Waals surface area (Å²) >= 11 is 0. The van der Waals surface area contributed by atoms with Crippen LogP contribution in [0.4, 0.5) is 0 Å². The molecule has 0 radical (unpaired) electrons. The third-order valence-corrected chi connectivity index (χ3v) is 1.50. The zero-order valence-electron chi connectivity index (χ0n) is 4.69. The van der Waals surface area contributed by atoms with Crippen molar-refractivity contribution in [3.63, 3.8) is 0 Å². The van der Waals surface area contributed by atoms with E-state index in [1.165, 1.54) is 0 Å². The maximum absolute atomic E-state index is 3.67. The minimum absolute atomic E-state index is 0.398. The molecule has 0 aromatic carbocycles. The summed E-state index contributed by atoms with van der Waals surface area (Å²) in [6, 6.07) is 0. The SMILES string of the molecule is C=CS(C)(C)C. The van der Waals surface area contributed by atoms with E-state index in [-0.39, 0.29) is 0 Å². The first-order chi connectivity index (χ1) is 2.56. The third-order valence-electron chi connectivity index (χ3n) is 0.500. The van der Waals surface area contributed by atoms with Crippen LogP contribution in [0, 0.1) is 0 Å². The van der Waals surface area contributed by atoms with Gasteiger partial charge in [-0.05, 0) is 18.8 Å². The van der Waals surface area contributed by atoms with Gasteiger partial charge in [-0.1, -0.05) is 12.0 Å².